The zero-order valence-corrected chi connectivity index (χ0v) is 16.2. The molecule has 0 unspecified atom stereocenters. The molecule has 3 atom stereocenters. The molecule has 138 valence electrons. The molecule has 0 aromatic carbocycles. The minimum Gasteiger partial charge on any atom is -0.444 e. The number of hydrogen-bond acceptors (Lipinski definition) is 4. The van der Waals surface area contributed by atoms with Crippen molar-refractivity contribution in [2.45, 2.75) is 97.7 Å². The van der Waals surface area contributed by atoms with Crippen molar-refractivity contribution in [1.29, 1.82) is 0 Å². The summed E-state index contributed by atoms with van der Waals surface area (Å²) in [5, 5.41) is 3.74. The molecule has 7 heteroatoms. The van der Waals surface area contributed by atoms with E-state index < -0.39 is 11.3 Å². The van der Waals surface area contributed by atoms with Crippen LogP contribution in [0.2, 0.25) is 0 Å². The summed E-state index contributed by atoms with van der Waals surface area (Å²) in [4.78, 5) is 17.3. The first-order valence-corrected chi connectivity index (χ1v) is 8.61. The highest BCUT2D eigenvalue weighted by atomic mass is 16.6. The summed E-state index contributed by atoms with van der Waals surface area (Å²) in [6, 6.07) is -0.296. The van der Waals surface area contributed by atoms with E-state index >= 15 is 0 Å². The topological polar surface area (TPSA) is 87.5 Å². The van der Waals surface area contributed by atoms with Gasteiger partial charge in [0.25, 0.3) is 0 Å². The lowest BCUT2D eigenvalue weighted by atomic mass is 9.95. The highest BCUT2D eigenvalue weighted by molar-refractivity contribution is 5.70. The van der Waals surface area contributed by atoms with Crippen molar-refractivity contribution in [1.82, 2.24) is 4.90 Å². The second-order valence-electron chi connectivity index (χ2n) is 8.44. The first-order valence-electron chi connectivity index (χ1n) is 8.61. The van der Waals surface area contributed by atoms with Gasteiger partial charge in [-0.05, 0) is 58.9 Å². The molecular formula is C17H32N4O3. The Balaban J connectivity index is 3.08. The van der Waals surface area contributed by atoms with Gasteiger partial charge in [0.2, 0.25) is 0 Å². The first-order chi connectivity index (χ1) is 10.9. The molecule has 7 nitrogen and oxygen atoms in total. The van der Waals surface area contributed by atoms with Gasteiger partial charge in [-0.15, -0.1) is 0 Å². The lowest BCUT2D eigenvalue weighted by molar-refractivity contribution is -0.0804. The van der Waals surface area contributed by atoms with Crippen molar-refractivity contribution < 1.29 is 14.3 Å². The van der Waals surface area contributed by atoms with Crippen LogP contribution >= 0.6 is 0 Å². The Hall–Kier alpha value is -1.46. The SMILES string of the molecule is CC(C)C[C@H]1[C@H](C[C@@H](C)N=[N+]=[N-])OC(C)(C)N1C(=O)OC(C)(C)C. The van der Waals surface area contributed by atoms with E-state index in [-0.39, 0.29) is 24.3 Å². The fourth-order valence-corrected chi connectivity index (χ4v) is 3.15. The first kappa shape index (κ1) is 20.6. The van der Waals surface area contributed by atoms with Crippen LogP contribution in [0.25, 0.3) is 10.4 Å². The lowest BCUT2D eigenvalue weighted by Crippen LogP contribution is -2.50. The van der Waals surface area contributed by atoms with E-state index in [1.54, 1.807) is 4.90 Å². The number of amides is 1. The Bertz CT molecular complexity index is 493. The molecule has 1 fully saturated rings. The van der Waals surface area contributed by atoms with Crippen LogP contribution in [-0.4, -0.2) is 40.5 Å². The Kier molecular flexibility index (Phi) is 6.53. The minimum atomic E-state index is -0.761. The molecule has 0 saturated carbocycles. The van der Waals surface area contributed by atoms with E-state index in [1.165, 1.54) is 0 Å². The molecule has 0 N–H and O–H groups in total. The maximum absolute atomic E-state index is 12.8. The molecule has 24 heavy (non-hydrogen) atoms. The van der Waals surface area contributed by atoms with Crippen molar-refractivity contribution >= 4 is 6.09 Å². The van der Waals surface area contributed by atoms with Crippen molar-refractivity contribution in [3.05, 3.63) is 10.4 Å². The van der Waals surface area contributed by atoms with E-state index in [0.29, 0.717) is 12.3 Å². The fourth-order valence-electron chi connectivity index (χ4n) is 3.15. The minimum absolute atomic E-state index is 0.105. The van der Waals surface area contributed by atoms with Gasteiger partial charge in [-0.25, -0.2) is 4.79 Å². The van der Waals surface area contributed by atoms with Crippen LogP contribution in [0.1, 0.15) is 68.2 Å². The molecule has 1 heterocycles. The Morgan fingerprint density at radius 3 is 2.38 bits per heavy atom. The van der Waals surface area contributed by atoms with Gasteiger partial charge in [0.15, 0.2) is 0 Å². The summed E-state index contributed by atoms with van der Waals surface area (Å²) < 4.78 is 11.8. The molecule has 1 aliphatic heterocycles. The number of nitrogens with zero attached hydrogens (tertiary/aromatic N) is 4. The second kappa shape index (κ2) is 7.62. The number of azide groups is 1. The van der Waals surface area contributed by atoms with Gasteiger partial charge >= 0.3 is 6.09 Å². The fraction of sp³-hybridized carbons (Fsp3) is 0.941. The predicted octanol–water partition coefficient (Wildman–Crippen LogP) is 4.86. The molecule has 0 radical (unpaired) electrons. The predicted molar refractivity (Wildman–Crippen MR) is 93.5 cm³/mol. The summed E-state index contributed by atoms with van der Waals surface area (Å²) in [7, 11) is 0. The van der Waals surface area contributed by atoms with Gasteiger partial charge in [0.1, 0.15) is 11.3 Å². The van der Waals surface area contributed by atoms with E-state index in [1.807, 2.05) is 41.5 Å². The summed E-state index contributed by atoms with van der Waals surface area (Å²) in [5.41, 5.74) is 7.30. The van der Waals surface area contributed by atoms with Crippen LogP contribution in [0, 0.1) is 5.92 Å². The van der Waals surface area contributed by atoms with Crippen LogP contribution in [-0.2, 0) is 9.47 Å². The third-order valence-corrected chi connectivity index (χ3v) is 3.91. The second-order valence-corrected chi connectivity index (χ2v) is 8.44. The van der Waals surface area contributed by atoms with Crippen LogP contribution in [0.5, 0.6) is 0 Å². The summed E-state index contributed by atoms with van der Waals surface area (Å²) in [6.45, 7) is 15.4. The van der Waals surface area contributed by atoms with Gasteiger partial charge in [-0.1, -0.05) is 25.9 Å². The van der Waals surface area contributed by atoms with Gasteiger partial charge in [0, 0.05) is 11.0 Å². The normalized spacial score (nSPS) is 24.6. The van der Waals surface area contributed by atoms with Crippen molar-refractivity contribution in [2.24, 2.45) is 11.0 Å². The highest BCUT2D eigenvalue weighted by Crippen LogP contribution is 2.38. The van der Waals surface area contributed by atoms with Gasteiger partial charge in [-0.2, -0.15) is 0 Å². The zero-order valence-electron chi connectivity index (χ0n) is 16.2. The molecule has 1 amide bonds. The Morgan fingerprint density at radius 1 is 1.33 bits per heavy atom. The van der Waals surface area contributed by atoms with E-state index in [4.69, 9.17) is 15.0 Å². The van der Waals surface area contributed by atoms with Crippen molar-refractivity contribution in [2.75, 3.05) is 0 Å². The Labute approximate surface area is 145 Å². The third kappa shape index (κ3) is 5.56. The number of ether oxygens (including phenoxy) is 2. The standard InChI is InChI=1S/C17H32N4O3/c1-11(2)9-13-14(10-12(3)19-20-18)23-17(7,8)21(13)15(22)24-16(4,5)6/h11-14H,9-10H2,1-8H3/t12-,13+,14+/m1/s1. The van der Waals surface area contributed by atoms with Gasteiger partial charge < -0.3 is 9.47 Å². The van der Waals surface area contributed by atoms with Gasteiger partial charge in [-0.3, -0.25) is 4.90 Å². The molecule has 0 aromatic heterocycles. The molecular weight excluding hydrogens is 308 g/mol. The number of rotatable bonds is 5. The number of carbonyl (C=O) groups excluding carboxylic acids is 1. The number of hydrogen-bond donors (Lipinski definition) is 0. The molecule has 0 bridgehead atoms. The van der Waals surface area contributed by atoms with Crippen LogP contribution in [0.3, 0.4) is 0 Å². The largest absolute Gasteiger partial charge is 0.444 e. The molecule has 0 aromatic rings. The van der Waals surface area contributed by atoms with E-state index in [2.05, 4.69) is 23.9 Å². The van der Waals surface area contributed by atoms with Crippen molar-refractivity contribution in [3.63, 3.8) is 0 Å². The average molecular weight is 340 g/mol. The van der Waals surface area contributed by atoms with Crippen LogP contribution in [0.4, 0.5) is 4.79 Å². The van der Waals surface area contributed by atoms with E-state index in [0.717, 1.165) is 6.42 Å². The van der Waals surface area contributed by atoms with E-state index in [9.17, 15) is 4.79 Å². The lowest BCUT2D eigenvalue weighted by Gasteiger charge is -2.35. The molecule has 1 rings (SSSR count). The highest BCUT2D eigenvalue weighted by Gasteiger charge is 2.51. The van der Waals surface area contributed by atoms with Crippen LogP contribution < -0.4 is 0 Å². The average Bonchev–Trinajstić information content (AvgIpc) is 2.57. The van der Waals surface area contributed by atoms with Gasteiger partial charge in [0.05, 0.1) is 12.1 Å². The molecule has 0 aliphatic carbocycles. The number of carbonyl (C=O) groups is 1. The smallest absolute Gasteiger partial charge is 0.412 e. The maximum atomic E-state index is 12.8. The summed E-state index contributed by atoms with van der Waals surface area (Å²) in [6.07, 6.45) is 0.827. The molecule has 0 spiro atoms. The van der Waals surface area contributed by atoms with Crippen molar-refractivity contribution in [3.8, 4) is 0 Å². The maximum Gasteiger partial charge on any atom is 0.412 e. The monoisotopic (exact) mass is 340 g/mol. The molecule has 1 saturated heterocycles. The summed E-state index contributed by atoms with van der Waals surface area (Å²) >= 11 is 0. The van der Waals surface area contributed by atoms with Crippen LogP contribution in [0.15, 0.2) is 5.11 Å². The summed E-state index contributed by atoms with van der Waals surface area (Å²) in [5.74, 6) is 0.398. The zero-order chi connectivity index (χ0) is 18.7. The quantitative estimate of drug-likeness (QED) is 0.406. The third-order valence-electron chi connectivity index (χ3n) is 3.91. The molecule has 1 aliphatic rings. The Morgan fingerprint density at radius 2 is 1.92 bits per heavy atom.